The van der Waals surface area contributed by atoms with Gasteiger partial charge in [-0.05, 0) is 41.5 Å². The number of rotatable bonds is 5. The van der Waals surface area contributed by atoms with Crippen LogP contribution in [0.2, 0.25) is 5.02 Å². The first-order valence-corrected chi connectivity index (χ1v) is 7.87. The summed E-state index contributed by atoms with van der Waals surface area (Å²) in [6.07, 6.45) is 3.25. The maximum absolute atomic E-state index is 12.2. The van der Waals surface area contributed by atoms with Crippen molar-refractivity contribution in [3.63, 3.8) is 0 Å². The number of amides is 2. The minimum atomic E-state index is -0.129. The first-order chi connectivity index (χ1) is 11.5. The molecule has 0 aliphatic carbocycles. The Morgan fingerprint density at radius 3 is 2.50 bits per heavy atom. The predicted molar refractivity (Wildman–Crippen MR) is 96.8 cm³/mol. The average Bonchev–Trinajstić information content (AvgIpc) is 2.59. The Balaban J connectivity index is 1.97. The molecule has 0 aromatic heterocycles. The second kappa shape index (κ2) is 8.31. The maximum Gasteiger partial charge on any atom is 0.251 e. The van der Waals surface area contributed by atoms with Crippen LogP contribution in [0.3, 0.4) is 0 Å². The maximum atomic E-state index is 12.2. The fourth-order valence-corrected chi connectivity index (χ4v) is 2.36. The third-order valence-corrected chi connectivity index (χ3v) is 3.74. The SMILES string of the molecule is CNC(=O)c1ccc(CN(C)C(=O)/C=C/c2cccc(Cl)c2)cc1. The molecule has 0 bridgehead atoms. The van der Waals surface area contributed by atoms with Gasteiger partial charge >= 0.3 is 0 Å². The Kier molecular flexibility index (Phi) is 6.15. The summed E-state index contributed by atoms with van der Waals surface area (Å²) in [4.78, 5) is 25.3. The molecule has 24 heavy (non-hydrogen) atoms. The van der Waals surface area contributed by atoms with Gasteiger partial charge in [0.1, 0.15) is 0 Å². The lowest BCUT2D eigenvalue weighted by Gasteiger charge is -2.15. The van der Waals surface area contributed by atoms with Crippen LogP contribution in [0, 0.1) is 0 Å². The number of nitrogens with one attached hydrogen (secondary N) is 1. The van der Waals surface area contributed by atoms with Gasteiger partial charge in [-0.3, -0.25) is 9.59 Å². The van der Waals surface area contributed by atoms with Gasteiger partial charge in [-0.15, -0.1) is 0 Å². The van der Waals surface area contributed by atoms with Gasteiger partial charge in [-0.1, -0.05) is 35.9 Å². The monoisotopic (exact) mass is 342 g/mol. The van der Waals surface area contributed by atoms with Crippen molar-refractivity contribution in [2.75, 3.05) is 14.1 Å². The second-order valence-electron chi connectivity index (χ2n) is 5.36. The molecule has 0 saturated heterocycles. The Morgan fingerprint density at radius 2 is 1.88 bits per heavy atom. The Bertz CT molecular complexity index is 754. The zero-order valence-corrected chi connectivity index (χ0v) is 14.4. The fraction of sp³-hybridized carbons (Fsp3) is 0.158. The lowest BCUT2D eigenvalue weighted by atomic mass is 10.1. The number of carbonyl (C=O) groups is 2. The summed E-state index contributed by atoms with van der Waals surface area (Å²) < 4.78 is 0. The van der Waals surface area contributed by atoms with Gasteiger partial charge in [0.05, 0.1) is 0 Å². The van der Waals surface area contributed by atoms with E-state index >= 15 is 0 Å². The third kappa shape index (κ3) is 4.96. The molecule has 5 heteroatoms. The molecule has 124 valence electrons. The van der Waals surface area contributed by atoms with Crippen molar-refractivity contribution in [3.8, 4) is 0 Å². The molecule has 0 radical (unpaired) electrons. The summed E-state index contributed by atoms with van der Waals surface area (Å²) in [5, 5.41) is 3.21. The van der Waals surface area contributed by atoms with E-state index in [4.69, 9.17) is 11.6 Å². The lowest BCUT2D eigenvalue weighted by Crippen LogP contribution is -2.24. The number of likely N-dealkylation sites (N-methyl/N-ethyl adjacent to an activating group) is 1. The molecule has 4 nitrogen and oxygen atoms in total. The fourth-order valence-electron chi connectivity index (χ4n) is 2.16. The van der Waals surface area contributed by atoms with Crippen LogP contribution < -0.4 is 5.32 Å². The summed E-state index contributed by atoms with van der Waals surface area (Å²) in [5.41, 5.74) is 2.42. The Morgan fingerprint density at radius 1 is 1.17 bits per heavy atom. The molecule has 0 heterocycles. The molecule has 1 N–H and O–H groups in total. The van der Waals surface area contributed by atoms with Gasteiger partial charge in [0.15, 0.2) is 0 Å². The van der Waals surface area contributed by atoms with E-state index in [2.05, 4.69) is 5.32 Å². The number of hydrogen-bond acceptors (Lipinski definition) is 2. The number of benzene rings is 2. The van der Waals surface area contributed by atoms with Crippen LogP contribution in [0.5, 0.6) is 0 Å². The quantitative estimate of drug-likeness (QED) is 0.847. The van der Waals surface area contributed by atoms with Crippen LogP contribution in [0.25, 0.3) is 6.08 Å². The van der Waals surface area contributed by atoms with E-state index in [0.717, 1.165) is 11.1 Å². The lowest BCUT2D eigenvalue weighted by molar-refractivity contribution is -0.125. The summed E-state index contributed by atoms with van der Waals surface area (Å²) in [5.74, 6) is -0.235. The standard InChI is InChI=1S/C19H19ClN2O2/c1-21-19(24)16-9-6-15(7-10-16)13-22(2)18(23)11-8-14-4-3-5-17(20)12-14/h3-12H,13H2,1-2H3,(H,21,24)/b11-8+. The molecule has 0 unspecified atom stereocenters. The largest absolute Gasteiger partial charge is 0.355 e. The highest BCUT2D eigenvalue weighted by Crippen LogP contribution is 2.12. The van der Waals surface area contributed by atoms with E-state index in [1.807, 2.05) is 24.3 Å². The third-order valence-electron chi connectivity index (χ3n) is 3.51. The van der Waals surface area contributed by atoms with Gasteiger partial charge in [0, 0.05) is 37.3 Å². The van der Waals surface area contributed by atoms with E-state index in [-0.39, 0.29) is 11.8 Å². The predicted octanol–water partition coefficient (Wildman–Crippen LogP) is 3.37. The Labute approximate surface area is 146 Å². The molecule has 0 aliphatic rings. The molecule has 2 aromatic rings. The van der Waals surface area contributed by atoms with E-state index in [1.54, 1.807) is 49.3 Å². The van der Waals surface area contributed by atoms with E-state index in [1.165, 1.54) is 6.08 Å². The topological polar surface area (TPSA) is 49.4 Å². The Hall–Kier alpha value is -2.59. The number of carbonyl (C=O) groups excluding carboxylic acids is 2. The zero-order valence-electron chi connectivity index (χ0n) is 13.6. The van der Waals surface area contributed by atoms with Crippen molar-refractivity contribution in [2.45, 2.75) is 6.54 Å². The molecular weight excluding hydrogens is 324 g/mol. The average molecular weight is 343 g/mol. The van der Waals surface area contributed by atoms with Crippen molar-refractivity contribution >= 4 is 29.5 Å². The summed E-state index contributed by atoms with van der Waals surface area (Å²) in [7, 11) is 3.33. The van der Waals surface area contributed by atoms with Crippen LogP contribution >= 0.6 is 11.6 Å². The number of halogens is 1. The molecular formula is C19H19ClN2O2. The van der Waals surface area contributed by atoms with Crippen molar-refractivity contribution in [2.24, 2.45) is 0 Å². The van der Waals surface area contributed by atoms with E-state index in [0.29, 0.717) is 17.1 Å². The van der Waals surface area contributed by atoms with Crippen LogP contribution in [0.15, 0.2) is 54.6 Å². The van der Waals surface area contributed by atoms with Gasteiger partial charge in [0.2, 0.25) is 5.91 Å². The van der Waals surface area contributed by atoms with Gasteiger partial charge in [-0.25, -0.2) is 0 Å². The van der Waals surface area contributed by atoms with Crippen LogP contribution in [-0.2, 0) is 11.3 Å². The molecule has 0 spiro atoms. The molecule has 2 rings (SSSR count). The smallest absolute Gasteiger partial charge is 0.251 e. The highest BCUT2D eigenvalue weighted by molar-refractivity contribution is 6.30. The minimum absolute atomic E-state index is 0.106. The number of nitrogens with zero attached hydrogens (tertiary/aromatic N) is 1. The van der Waals surface area contributed by atoms with Gasteiger partial charge in [0.25, 0.3) is 5.91 Å². The molecule has 0 fully saturated rings. The summed E-state index contributed by atoms with van der Waals surface area (Å²) in [6, 6.07) is 14.5. The van der Waals surface area contributed by atoms with Crippen molar-refractivity contribution in [3.05, 3.63) is 76.3 Å². The highest BCUT2D eigenvalue weighted by Gasteiger charge is 2.07. The minimum Gasteiger partial charge on any atom is -0.355 e. The molecule has 2 aromatic carbocycles. The summed E-state index contributed by atoms with van der Waals surface area (Å²) >= 11 is 5.92. The van der Waals surface area contributed by atoms with Crippen LogP contribution in [0.1, 0.15) is 21.5 Å². The van der Waals surface area contributed by atoms with Crippen LogP contribution in [-0.4, -0.2) is 30.8 Å². The first kappa shape index (κ1) is 17.8. The first-order valence-electron chi connectivity index (χ1n) is 7.49. The normalized spacial score (nSPS) is 10.6. The van der Waals surface area contributed by atoms with Crippen molar-refractivity contribution in [1.82, 2.24) is 10.2 Å². The second-order valence-corrected chi connectivity index (χ2v) is 5.80. The highest BCUT2D eigenvalue weighted by atomic mass is 35.5. The van der Waals surface area contributed by atoms with E-state index < -0.39 is 0 Å². The van der Waals surface area contributed by atoms with Gasteiger partial charge < -0.3 is 10.2 Å². The molecule has 2 amide bonds. The van der Waals surface area contributed by atoms with Gasteiger partial charge in [-0.2, -0.15) is 0 Å². The molecule has 0 saturated carbocycles. The molecule has 0 aliphatic heterocycles. The van der Waals surface area contributed by atoms with Crippen LogP contribution in [0.4, 0.5) is 0 Å². The zero-order chi connectivity index (χ0) is 17.5. The van der Waals surface area contributed by atoms with E-state index in [9.17, 15) is 9.59 Å². The molecule has 0 atom stereocenters. The van der Waals surface area contributed by atoms with Crippen molar-refractivity contribution < 1.29 is 9.59 Å². The van der Waals surface area contributed by atoms with Crippen molar-refractivity contribution in [1.29, 1.82) is 0 Å². The summed E-state index contributed by atoms with van der Waals surface area (Å²) in [6.45, 7) is 0.465. The number of hydrogen-bond donors (Lipinski definition) is 1.